The molecule has 0 heterocycles. The lowest BCUT2D eigenvalue weighted by atomic mass is 9.63. The van der Waals surface area contributed by atoms with Gasteiger partial charge in [0.2, 0.25) is 11.8 Å². The molecule has 0 radical (unpaired) electrons. The van der Waals surface area contributed by atoms with E-state index in [-0.39, 0.29) is 30.9 Å². The second-order valence-electron chi connectivity index (χ2n) is 11.0. The Balaban J connectivity index is 1.99. The lowest BCUT2D eigenvalue weighted by Gasteiger charge is -2.45. The number of halogens is 2. The van der Waals surface area contributed by atoms with Gasteiger partial charge >= 0.3 is 0 Å². The summed E-state index contributed by atoms with van der Waals surface area (Å²) in [6.07, 6.45) is 3.72. The molecule has 0 saturated heterocycles. The highest BCUT2D eigenvalue weighted by molar-refractivity contribution is 5.96. The average molecular weight is 584 g/mol. The molecule has 0 saturated carbocycles. The number of carbonyl (C=O) groups is 2. The number of ether oxygens (including phenoxy) is 1. The number of para-hydroxylation sites is 1. The average Bonchev–Trinajstić information content (AvgIpc) is 2.94. The van der Waals surface area contributed by atoms with Crippen molar-refractivity contribution in [2.75, 3.05) is 32.8 Å². The summed E-state index contributed by atoms with van der Waals surface area (Å²) in [5.74, 6) is -2.52. The van der Waals surface area contributed by atoms with E-state index in [1.54, 1.807) is 24.0 Å². The molecular weight excluding hydrogens is 540 g/mol. The highest BCUT2D eigenvalue weighted by atomic mass is 19.1. The summed E-state index contributed by atoms with van der Waals surface area (Å²) >= 11 is 0. The van der Waals surface area contributed by atoms with Crippen LogP contribution in [0.25, 0.3) is 0 Å². The molecule has 2 aromatic rings. The van der Waals surface area contributed by atoms with Gasteiger partial charge in [0.05, 0.1) is 11.5 Å². The summed E-state index contributed by atoms with van der Waals surface area (Å²) in [4.78, 5) is 28.7. The van der Waals surface area contributed by atoms with E-state index in [0.717, 1.165) is 11.8 Å². The van der Waals surface area contributed by atoms with E-state index >= 15 is 0 Å². The summed E-state index contributed by atoms with van der Waals surface area (Å²) in [7, 11) is 0. The predicted octanol–water partition coefficient (Wildman–Crippen LogP) is 4.55. The maximum atomic E-state index is 14.5. The van der Waals surface area contributed by atoms with Crippen LogP contribution in [0.15, 0.2) is 71.8 Å². The van der Waals surface area contributed by atoms with Crippen LogP contribution in [0.2, 0.25) is 0 Å². The highest BCUT2D eigenvalue weighted by Gasteiger charge is 2.50. The molecule has 1 unspecified atom stereocenters. The van der Waals surface area contributed by atoms with Crippen molar-refractivity contribution in [1.82, 2.24) is 10.2 Å². The molecule has 2 aromatic carbocycles. The number of primary amides is 1. The minimum Gasteiger partial charge on any atom is -0.492 e. The Labute approximate surface area is 247 Å². The number of aliphatic hydroxyl groups is 1. The molecule has 1 aliphatic rings. The normalized spacial score (nSPS) is 18.0. The van der Waals surface area contributed by atoms with Crippen molar-refractivity contribution in [3.63, 3.8) is 0 Å². The van der Waals surface area contributed by atoms with E-state index in [9.17, 15) is 23.5 Å². The first-order valence-corrected chi connectivity index (χ1v) is 14.6. The van der Waals surface area contributed by atoms with Gasteiger partial charge in [-0.05, 0) is 62.4 Å². The molecule has 3 atom stereocenters. The quantitative estimate of drug-likeness (QED) is 0.252. The monoisotopic (exact) mass is 583 g/mol. The number of aliphatic hydroxyl groups excluding tert-OH is 1. The third-order valence-corrected chi connectivity index (χ3v) is 7.51. The first-order chi connectivity index (χ1) is 20.1. The number of hydrogen-bond acceptors (Lipinski definition) is 5. The molecule has 4 N–H and O–H groups in total. The van der Waals surface area contributed by atoms with E-state index in [0.29, 0.717) is 50.2 Å². The molecule has 0 aliphatic heterocycles. The smallest absolute Gasteiger partial charge is 0.244 e. The molecule has 0 aromatic heterocycles. The van der Waals surface area contributed by atoms with Crippen LogP contribution in [0.1, 0.15) is 45.6 Å². The summed E-state index contributed by atoms with van der Waals surface area (Å²) in [6, 6.07) is 12.5. The Morgan fingerprint density at radius 1 is 1.10 bits per heavy atom. The SMILES string of the molecule is CCCN(CCC)C(=O)C1([C@H](Cc2cc(F)cc(F)c2)[C@@H](O)CNCCOc2ccccc2)C=C(C)C=C(C(N)=O)C1. The largest absolute Gasteiger partial charge is 0.492 e. The van der Waals surface area contributed by atoms with Gasteiger partial charge in [-0.15, -0.1) is 0 Å². The maximum absolute atomic E-state index is 14.5. The van der Waals surface area contributed by atoms with Crippen molar-refractivity contribution in [2.24, 2.45) is 17.1 Å². The Morgan fingerprint density at radius 3 is 2.33 bits per heavy atom. The lowest BCUT2D eigenvalue weighted by molar-refractivity contribution is -0.145. The lowest BCUT2D eigenvalue weighted by Crippen LogP contribution is -2.54. The zero-order valence-electron chi connectivity index (χ0n) is 24.7. The second kappa shape index (κ2) is 15.6. The number of nitrogens with two attached hydrogens (primary N) is 1. The molecule has 9 heteroatoms. The summed E-state index contributed by atoms with van der Waals surface area (Å²) < 4.78 is 34.3. The molecule has 3 rings (SSSR count). The fraction of sp³-hybridized carbons (Fsp3) is 0.455. The molecule has 2 amide bonds. The maximum Gasteiger partial charge on any atom is 0.244 e. The van der Waals surface area contributed by atoms with Crippen molar-refractivity contribution in [3.05, 3.63) is 89.0 Å². The van der Waals surface area contributed by atoms with Crippen LogP contribution in [-0.2, 0) is 16.0 Å². The van der Waals surface area contributed by atoms with Crippen molar-refractivity contribution in [1.29, 1.82) is 0 Å². The molecule has 42 heavy (non-hydrogen) atoms. The van der Waals surface area contributed by atoms with E-state index in [1.165, 1.54) is 12.1 Å². The molecule has 7 nitrogen and oxygen atoms in total. The number of allylic oxidation sites excluding steroid dienone is 2. The number of nitrogens with zero attached hydrogens (tertiary/aromatic N) is 1. The van der Waals surface area contributed by atoms with Crippen molar-refractivity contribution in [3.8, 4) is 5.75 Å². The Hall–Kier alpha value is -3.56. The Kier molecular flexibility index (Phi) is 12.2. The Morgan fingerprint density at radius 2 is 1.74 bits per heavy atom. The number of carbonyl (C=O) groups excluding carboxylic acids is 2. The first kappa shape index (κ1) is 32.9. The van der Waals surface area contributed by atoms with Gasteiger partial charge < -0.3 is 25.8 Å². The molecule has 228 valence electrons. The van der Waals surface area contributed by atoms with Gasteiger partial charge in [0.25, 0.3) is 0 Å². The van der Waals surface area contributed by atoms with Crippen molar-refractivity contribution >= 4 is 11.8 Å². The Bertz CT molecular complexity index is 1240. The number of amides is 2. The zero-order valence-corrected chi connectivity index (χ0v) is 24.7. The van der Waals surface area contributed by atoms with Gasteiger partial charge in [-0.1, -0.05) is 49.8 Å². The van der Waals surface area contributed by atoms with Gasteiger partial charge in [0.15, 0.2) is 0 Å². The molecule has 0 spiro atoms. The first-order valence-electron chi connectivity index (χ1n) is 14.6. The van der Waals surface area contributed by atoms with Crippen molar-refractivity contribution in [2.45, 2.75) is 52.6 Å². The van der Waals surface area contributed by atoms with Gasteiger partial charge in [0.1, 0.15) is 24.0 Å². The fourth-order valence-corrected chi connectivity index (χ4v) is 5.78. The van der Waals surface area contributed by atoms with Crippen LogP contribution in [0.3, 0.4) is 0 Å². The van der Waals surface area contributed by atoms with Gasteiger partial charge in [0, 0.05) is 43.7 Å². The third kappa shape index (κ3) is 8.72. The number of hydrogen-bond donors (Lipinski definition) is 3. The number of nitrogens with one attached hydrogen (secondary N) is 1. The number of rotatable bonds is 16. The van der Waals surface area contributed by atoms with E-state index in [2.05, 4.69) is 5.32 Å². The summed E-state index contributed by atoms with van der Waals surface area (Å²) in [5, 5.41) is 14.9. The highest BCUT2D eigenvalue weighted by Crippen LogP contribution is 2.45. The fourth-order valence-electron chi connectivity index (χ4n) is 5.78. The summed E-state index contributed by atoms with van der Waals surface area (Å²) in [5.41, 5.74) is 5.57. The van der Waals surface area contributed by atoms with Crippen LogP contribution < -0.4 is 15.8 Å². The zero-order chi connectivity index (χ0) is 30.7. The minimum atomic E-state index is -1.38. The van der Waals surface area contributed by atoms with Crippen LogP contribution >= 0.6 is 0 Å². The predicted molar refractivity (Wildman–Crippen MR) is 160 cm³/mol. The van der Waals surface area contributed by atoms with Gasteiger partial charge in [-0.2, -0.15) is 0 Å². The van der Waals surface area contributed by atoms with E-state index in [1.807, 2.05) is 44.2 Å². The molecule has 1 aliphatic carbocycles. The van der Waals surface area contributed by atoms with Crippen LogP contribution in [0.4, 0.5) is 8.78 Å². The standard InChI is InChI=1S/C33H43F2N3O4/c1-4-12-38(13-5-2)32(41)33(20-23(3)15-25(21-33)31(36)40)29(18-24-16-26(34)19-27(35)17-24)30(39)22-37-11-14-42-28-9-7-6-8-10-28/h6-10,15-17,19-20,29-30,37,39H,4-5,11-14,18,21-22H2,1-3H3,(H2,36,40)/t29-,30+,33?/m1/s1. The second-order valence-corrected chi connectivity index (χ2v) is 11.0. The van der Waals surface area contributed by atoms with Gasteiger partial charge in [-0.25, -0.2) is 8.78 Å². The summed E-state index contributed by atoms with van der Waals surface area (Å²) in [6.45, 7) is 7.54. The van der Waals surface area contributed by atoms with Gasteiger partial charge in [-0.3, -0.25) is 9.59 Å². The molecule has 0 bridgehead atoms. The van der Waals surface area contributed by atoms with E-state index in [4.69, 9.17) is 10.5 Å². The minimum absolute atomic E-state index is 0.00824. The van der Waals surface area contributed by atoms with E-state index < -0.39 is 35.0 Å². The van der Waals surface area contributed by atoms with Crippen LogP contribution in [0.5, 0.6) is 5.75 Å². The third-order valence-electron chi connectivity index (χ3n) is 7.51. The topological polar surface area (TPSA) is 105 Å². The van der Waals surface area contributed by atoms with Crippen LogP contribution in [-0.4, -0.2) is 60.7 Å². The van der Waals surface area contributed by atoms with Crippen molar-refractivity contribution < 1.29 is 28.2 Å². The molecular formula is C33H43F2N3O4. The molecule has 0 fully saturated rings. The van der Waals surface area contributed by atoms with Crippen LogP contribution in [0, 0.1) is 23.0 Å². The number of benzene rings is 2.